The van der Waals surface area contributed by atoms with Gasteiger partial charge in [-0.25, -0.2) is 0 Å². The minimum atomic E-state index is -1.54. The number of hydrogen-bond acceptors (Lipinski definition) is 6. The van der Waals surface area contributed by atoms with Gasteiger partial charge in [0.1, 0.15) is 29.7 Å². The molecule has 3 unspecified atom stereocenters. The third kappa shape index (κ3) is 5.41. The van der Waals surface area contributed by atoms with Gasteiger partial charge in [0.15, 0.2) is 0 Å². The molecular formula is C22H39NO5. The van der Waals surface area contributed by atoms with Crippen LogP contribution in [0.15, 0.2) is 0 Å². The van der Waals surface area contributed by atoms with E-state index in [9.17, 15) is 19.5 Å². The van der Waals surface area contributed by atoms with Crippen LogP contribution in [-0.4, -0.2) is 40.9 Å². The van der Waals surface area contributed by atoms with Crippen molar-refractivity contribution in [3.63, 3.8) is 0 Å². The SMILES string of the molecule is CC.CC1C(=O)OC[C@@](C)(O)C(N)C(C)C(=O)[C@@H]2CC[C@](C)(C2)C[C@@H](C)C1=O. The summed E-state index contributed by atoms with van der Waals surface area (Å²) in [6.07, 6.45) is 3.03. The summed E-state index contributed by atoms with van der Waals surface area (Å²) in [7, 11) is 0. The van der Waals surface area contributed by atoms with Crippen molar-refractivity contribution in [2.45, 2.75) is 85.8 Å². The second-order valence-corrected chi connectivity index (χ2v) is 9.16. The van der Waals surface area contributed by atoms with Gasteiger partial charge in [0, 0.05) is 23.8 Å². The van der Waals surface area contributed by atoms with E-state index < -0.39 is 29.4 Å². The molecule has 2 aliphatic rings. The maximum absolute atomic E-state index is 12.9. The molecule has 1 aliphatic heterocycles. The van der Waals surface area contributed by atoms with Crippen molar-refractivity contribution < 1.29 is 24.2 Å². The third-order valence-corrected chi connectivity index (χ3v) is 6.52. The molecule has 2 fully saturated rings. The second-order valence-electron chi connectivity index (χ2n) is 9.16. The van der Waals surface area contributed by atoms with Gasteiger partial charge in [0.2, 0.25) is 0 Å². The van der Waals surface area contributed by atoms with Gasteiger partial charge in [-0.2, -0.15) is 0 Å². The monoisotopic (exact) mass is 397 g/mol. The van der Waals surface area contributed by atoms with Crippen LogP contribution in [0.2, 0.25) is 0 Å². The number of rotatable bonds is 0. The van der Waals surface area contributed by atoms with Crippen LogP contribution in [0.25, 0.3) is 0 Å². The second kappa shape index (κ2) is 9.49. The first kappa shape index (κ1) is 24.8. The highest BCUT2D eigenvalue weighted by molar-refractivity contribution is 5.99. The van der Waals surface area contributed by atoms with Crippen molar-refractivity contribution in [1.82, 2.24) is 0 Å². The zero-order valence-corrected chi connectivity index (χ0v) is 18.6. The normalized spacial score (nSPS) is 42.9. The first-order valence-corrected chi connectivity index (χ1v) is 10.6. The van der Waals surface area contributed by atoms with E-state index in [1.165, 1.54) is 6.92 Å². The van der Waals surface area contributed by atoms with E-state index in [0.717, 1.165) is 19.3 Å². The van der Waals surface area contributed by atoms with E-state index in [1.807, 2.05) is 20.8 Å². The van der Waals surface area contributed by atoms with Crippen molar-refractivity contribution in [2.75, 3.05) is 6.61 Å². The van der Waals surface area contributed by atoms with Crippen LogP contribution >= 0.6 is 0 Å². The van der Waals surface area contributed by atoms with Crippen molar-refractivity contribution in [3.8, 4) is 0 Å². The molecular weight excluding hydrogens is 358 g/mol. The quantitative estimate of drug-likeness (QED) is 0.481. The molecule has 6 nitrogen and oxygen atoms in total. The maximum atomic E-state index is 12.9. The molecule has 28 heavy (non-hydrogen) atoms. The molecule has 2 bridgehead atoms. The lowest BCUT2D eigenvalue weighted by molar-refractivity contribution is -0.160. The highest BCUT2D eigenvalue weighted by Gasteiger charge is 2.45. The van der Waals surface area contributed by atoms with Crippen LogP contribution in [0.3, 0.4) is 0 Å². The molecule has 0 aromatic heterocycles. The van der Waals surface area contributed by atoms with E-state index in [1.54, 1.807) is 13.8 Å². The Bertz CT molecular complexity index is 587. The molecule has 0 amide bonds. The maximum Gasteiger partial charge on any atom is 0.316 e. The van der Waals surface area contributed by atoms with Crippen LogP contribution in [0.4, 0.5) is 0 Å². The summed E-state index contributed by atoms with van der Waals surface area (Å²) in [6.45, 7) is 12.4. The van der Waals surface area contributed by atoms with E-state index >= 15 is 0 Å². The molecule has 1 heterocycles. The Morgan fingerprint density at radius 3 is 2.18 bits per heavy atom. The molecule has 1 saturated heterocycles. The molecule has 0 aromatic carbocycles. The Labute approximate surface area is 169 Å². The Morgan fingerprint density at radius 1 is 1.04 bits per heavy atom. The van der Waals surface area contributed by atoms with Gasteiger partial charge >= 0.3 is 5.97 Å². The molecule has 1 aliphatic carbocycles. The predicted molar refractivity (Wildman–Crippen MR) is 108 cm³/mol. The minimum absolute atomic E-state index is 0.0530. The number of cyclic esters (lactones) is 1. The fraction of sp³-hybridized carbons (Fsp3) is 0.864. The minimum Gasteiger partial charge on any atom is -0.462 e. The highest BCUT2D eigenvalue weighted by Crippen LogP contribution is 2.47. The molecule has 162 valence electrons. The highest BCUT2D eigenvalue weighted by atomic mass is 16.5. The number of carbonyl (C=O) groups is 3. The number of ketones is 2. The number of nitrogens with two attached hydrogens (primary N) is 1. The molecule has 1 saturated carbocycles. The van der Waals surface area contributed by atoms with Crippen molar-refractivity contribution in [2.24, 2.45) is 34.8 Å². The largest absolute Gasteiger partial charge is 0.462 e. The standard InChI is InChI=1S/C20H33NO5.C2H6/c1-11-8-19(4)7-6-14(9-19)16(23)12(2)17(21)20(5,25)10-26-18(24)13(3)15(11)22;1-2/h11-14,17,25H,6-10,21H2,1-5H3;1-2H3/t11-,12?,13?,14-,17?,19+,20-;/m1./s1. The zero-order chi connectivity index (χ0) is 21.9. The Kier molecular flexibility index (Phi) is 8.39. The topological polar surface area (TPSA) is 107 Å². The lowest BCUT2D eigenvalue weighted by Crippen LogP contribution is -2.55. The van der Waals surface area contributed by atoms with Crippen molar-refractivity contribution in [3.05, 3.63) is 0 Å². The number of aliphatic hydroxyl groups is 1. The number of carbonyl (C=O) groups excluding carboxylic acids is 3. The predicted octanol–water partition coefficient (Wildman–Crippen LogP) is 2.89. The zero-order valence-electron chi connectivity index (χ0n) is 18.6. The summed E-state index contributed by atoms with van der Waals surface area (Å²) in [6, 6.07) is -0.845. The van der Waals surface area contributed by atoms with Crippen LogP contribution in [0.1, 0.15) is 74.1 Å². The van der Waals surface area contributed by atoms with Gasteiger partial charge in [-0.05, 0) is 44.9 Å². The van der Waals surface area contributed by atoms with Gasteiger partial charge < -0.3 is 15.6 Å². The molecule has 6 heteroatoms. The first-order chi connectivity index (χ1) is 12.9. The first-order valence-electron chi connectivity index (χ1n) is 10.6. The Morgan fingerprint density at radius 2 is 1.61 bits per heavy atom. The molecule has 2 rings (SSSR count). The molecule has 7 atom stereocenters. The molecule has 0 radical (unpaired) electrons. The fourth-order valence-corrected chi connectivity index (χ4v) is 4.66. The van der Waals surface area contributed by atoms with E-state index in [0.29, 0.717) is 6.42 Å². The average Bonchev–Trinajstić information content (AvgIpc) is 3.05. The van der Waals surface area contributed by atoms with Gasteiger partial charge in [0.05, 0.1) is 0 Å². The van der Waals surface area contributed by atoms with Crippen LogP contribution in [-0.2, 0) is 19.1 Å². The lowest BCUT2D eigenvalue weighted by Gasteiger charge is -2.35. The summed E-state index contributed by atoms with van der Waals surface area (Å²) in [5.41, 5.74) is 4.52. The van der Waals surface area contributed by atoms with Gasteiger partial charge in [-0.1, -0.05) is 34.6 Å². The van der Waals surface area contributed by atoms with Crippen LogP contribution in [0.5, 0.6) is 0 Å². The summed E-state index contributed by atoms with van der Waals surface area (Å²) < 4.78 is 5.18. The van der Waals surface area contributed by atoms with Crippen molar-refractivity contribution in [1.29, 1.82) is 0 Å². The van der Waals surface area contributed by atoms with Gasteiger partial charge in [-0.3, -0.25) is 14.4 Å². The molecule has 0 aromatic rings. The summed E-state index contributed by atoms with van der Waals surface area (Å²) in [4.78, 5) is 37.8. The Hall–Kier alpha value is -1.27. The van der Waals surface area contributed by atoms with Crippen molar-refractivity contribution >= 4 is 17.5 Å². The van der Waals surface area contributed by atoms with E-state index in [-0.39, 0.29) is 35.4 Å². The van der Waals surface area contributed by atoms with Crippen LogP contribution < -0.4 is 5.73 Å². The number of ether oxygens (including phenoxy) is 1. The van der Waals surface area contributed by atoms with Gasteiger partial charge in [0.25, 0.3) is 0 Å². The van der Waals surface area contributed by atoms with Crippen LogP contribution in [0, 0.1) is 29.1 Å². The third-order valence-electron chi connectivity index (χ3n) is 6.52. The number of Topliss-reactive ketones (excluding diaryl/α,β-unsaturated/α-hetero) is 2. The lowest BCUT2D eigenvalue weighted by atomic mass is 9.75. The number of hydrogen-bond donors (Lipinski definition) is 2. The number of fused-ring (bicyclic) bond motifs is 2. The smallest absolute Gasteiger partial charge is 0.316 e. The summed E-state index contributed by atoms with van der Waals surface area (Å²) >= 11 is 0. The summed E-state index contributed by atoms with van der Waals surface area (Å²) in [5.74, 6) is -2.53. The number of esters is 1. The van der Waals surface area contributed by atoms with Gasteiger partial charge in [-0.15, -0.1) is 0 Å². The molecule has 0 spiro atoms. The summed E-state index contributed by atoms with van der Waals surface area (Å²) in [5, 5.41) is 10.6. The average molecular weight is 398 g/mol. The van der Waals surface area contributed by atoms with E-state index in [4.69, 9.17) is 10.5 Å². The fourth-order valence-electron chi connectivity index (χ4n) is 4.66. The Balaban J connectivity index is 0.00000190. The molecule has 3 N–H and O–H groups in total. The van der Waals surface area contributed by atoms with E-state index in [2.05, 4.69) is 6.92 Å².